The first-order valence-electron chi connectivity index (χ1n) is 9.32. The van der Waals surface area contributed by atoms with Gasteiger partial charge in [0.15, 0.2) is 14.6 Å². The summed E-state index contributed by atoms with van der Waals surface area (Å²) in [4.78, 5) is 15.4. The van der Waals surface area contributed by atoms with Crippen LogP contribution in [0.4, 0.5) is 13.2 Å². The summed E-state index contributed by atoms with van der Waals surface area (Å²) in [6.45, 7) is 0.767. The van der Waals surface area contributed by atoms with Gasteiger partial charge in [0.05, 0.1) is 10.5 Å². The van der Waals surface area contributed by atoms with Crippen LogP contribution in [0.25, 0.3) is 0 Å². The van der Waals surface area contributed by atoms with E-state index in [-0.39, 0.29) is 17.7 Å². The normalized spacial score (nSPS) is 17.3. The van der Waals surface area contributed by atoms with Crippen LogP contribution in [0.2, 0.25) is 0 Å². The molecule has 0 radical (unpaired) electrons. The fourth-order valence-electron chi connectivity index (χ4n) is 3.46. The molecule has 31 heavy (non-hydrogen) atoms. The molecule has 1 heterocycles. The van der Waals surface area contributed by atoms with Crippen molar-refractivity contribution in [1.82, 2.24) is 10.4 Å². The van der Waals surface area contributed by atoms with Gasteiger partial charge in [0, 0.05) is 9.79 Å². The molecular weight excluding hydrogens is 453 g/mol. The lowest BCUT2D eigenvalue weighted by atomic mass is 9.95. The Bertz CT molecular complexity index is 1030. The highest BCUT2D eigenvalue weighted by Crippen LogP contribution is 2.37. The highest BCUT2D eigenvalue weighted by molar-refractivity contribution is 7.99. The van der Waals surface area contributed by atoms with E-state index in [0.717, 1.165) is 12.1 Å². The van der Waals surface area contributed by atoms with Crippen molar-refractivity contribution in [2.45, 2.75) is 38.5 Å². The molecule has 3 rings (SSSR count). The van der Waals surface area contributed by atoms with Crippen molar-refractivity contribution in [2.24, 2.45) is 0 Å². The zero-order chi connectivity index (χ0) is 22.9. The third-order valence-corrected chi connectivity index (χ3v) is 8.91. The highest BCUT2D eigenvalue weighted by Gasteiger charge is 2.52. The van der Waals surface area contributed by atoms with Crippen LogP contribution in [0.3, 0.4) is 0 Å². The molecule has 1 fully saturated rings. The molecule has 2 N–H and O–H groups in total. The van der Waals surface area contributed by atoms with Crippen molar-refractivity contribution in [1.29, 1.82) is 0 Å². The maximum absolute atomic E-state index is 13.3. The Labute approximate surface area is 182 Å². The summed E-state index contributed by atoms with van der Waals surface area (Å²) in [5.41, 5.74) is 0.758. The van der Waals surface area contributed by atoms with Crippen molar-refractivity contribution >= 4 is 27.5 Å². The van der Waals surface area contributed by atoms with Gasteiger partial charge in [-0.3, -0.25) is 10.0 Å². The van der Waals surface area contributed by atoms with E-state index in [0.29, 0.717) is 22.9 Å². The second-order valence-corrected chi connectivity index (χ2v) is 10.7. The molecule has 6 nitrogen and oxygen atoms in total. The van der Waals surface area contributed by atoms with Crippen LogP contribution < -0.4 is 5.48 Å². The van der Waals surface area contributed by atoms with Crippen LogP contribution in [0.1, 0.15) is 18.4 Å². The quantitative estimate of drug-likeness (QED) is 0.509. The number of piperidine rings is 1. The average Bonchev–Trinajstić information content (AvgIpc) is 2.74. The largest absolute Gasteiger partial charge is 0.416 e. The molecule has 0 spiro atoms. The van der Waals surface area contributed by atoms with Gasteiger partial charge in [-0.1, -0.05) is 11.8 Å². The number of rotatable bonds is 5. The molecule has 0 unspecified atom stereocenters. The third kappa shape index (κ3) is 4.74. The van der Waals surface area contributed by atoms with Gasteiger partial charge in [0.2, 0.25) is 0 Å². The number of benzene rings is 2. The topological polar surface area (TPSA) is 86.7 Å². The van der Waals surface area contributed by atoms with E-state index in [1.165, 1.54) is 53.6 Å². The van der Waals surface area contributed by atoms with Gasteiger partial charge in [-0.25, -0.2) is 13.9 Å². The van der Waals surface area contributed by atoms with Crippen LogP contribution in [0, 0.1) is 0 Å². The van der Waals surface area contributed by atoms with Crippen molar-refractivity contribution < 1.29 is 31.6 Å². The number of sulfone groups is 1. The minimum absolute atomic E-state index is 0.0419. The van der Waals surface area contributed by atoms with Gasteiger partial charge in [-0.15, -0.1) is 0 Å². The number of alkyl halides is 3. The number of carbonyl (C=O) groups is 1. The molecule has 2 aromatic rings. The summed E-state index contributed by atoms with van der Waals surface area (Å²) < 4.78 is 62.9. The first-order chi connectivity index (χ1) is 14.5. The first kappa shape index (κ1) is 23.6. The lowest BCUT2D eigenvalue weighted by Gasteiger charge is -2.38. The Kier molecular flexibility index (Phi) is 6.70. The number of hydroxylamine groups is 1. The van der Waals surface area contributed by atoms with Crippen molar-refractivity contribution in [3.63, 3.8) is 0 Å². The summed E-state index contributed by atoms with van der Waals surface area (Å²) in [6.07, 6.45) is -4.33. The molecule has 0 aromatic heterocycles. The standard InChI is InChI=1S/C20H21F3N2O4S2/c1-25-12-10-19(11-13-25,18(26)24-27)31(28,29)17-8-6-16(7-9-17)30-15-4-2-14(3-5-15)20(21,22)23/h2-9,27H,10-13H2,1H3,(H,24,26). The van der Waals surface area contributed by atoms with Gasteiger partial charge in [-0.2, -0.15) is 13.2 Å². The number of nitrogens with zero attached hydrogens (tertiary/aromatic N) is 1. The monoisotopic (exact) mass is 474 g/mol. The van der Waals surface area contributed by atoms with Gasteiger partial charge in [0.1, 0.15) is 0 Å². The van der Waals surface area contributed by atoms with E-state index < -0.39 is 32.2 Å². The molecule has 1 aliphatic heterocycles. The van der Waals surface area contributed by atoms with Gasteiger partial charge < -0.3 is 4.90 Å². The number of hydrogen-bond donors (Lipinski definition) is 2. The molecule has 0 atom stereocenters. The maximum atomic E-state index is 13.3. The van der Waals surface area contributed by atoms with E-state index in [1.807, 2.05) is 11.9 Å². The molecule has 1 amide bonds. The molecule has 1 saturated heterocycles. The van der Waals surface area contributed by atoms with Gasteiger partial charge in [0.25, 0.3) is 5.91 Å². The molecule has 1 aliphatic rings. The van der Waals surface area contributed by atoms with E-state index >= 15 is 0 Å². The highest BCUT2D eigenvalue weighted by atomic mass is 32.2. The second-order valence-electron chi connectivity index (χ2n) is 7.34. The van der Waals surface area contributed by atoms with Crippen LogP contribution in [0.15, 0.2) is 63.2 Å². The van der Waals surface area contributed by atoms with Crippen molar-refractivity contribution in [3.05, 3.63) is 54.1 Å². The Balaban J connectivity index is 1.83. The van der Waals surface area contributed by atoms with E-state index in [4.69, 9.17) is 5.21 Å². The Morgan fingerprint density at radius 2 is 1.52 bits per heavy atom. The number of carbonyl (C=O) groups excluding carboxylic acids is 1. The lowest BCUT2D eigenvalue weighted by Crippen LogP contribution is -2.57. The SMILES string of the molecule is CN1CCC(C(=O)NO)(S(=O)(=O)c2ccc(Sc3ccc(C(F)(F)F)cc3)cc2)CC1. The molecule has 0 bridgehead atoms. The molecule has 168 valence electrons. The third-order valence-electron chi connectivity index (χ3n) is 5.38. The Morgan fingerprint density at radius 1 is 1.03 bits per heavy atom. The van der Waals surface area contributed by atoms with E-state index in [9.17, 15) is 26.4 Å². The summed E-state index contributed by atoms with van der Waals surface area (Å²) in [6, 6.07) is 10.5. The number of amides is 1. The average molecular weight is 475 g/mol. The number of nitrogens with one attached hydrogen (secondary N) is 1. The molecule has 2 aromatic carbocycles. The van der Waals surface area contributed by atoms with Gasteiger partial charge >= 0.3 is 6.18 Å². The number of likely N-dealkylation sites (tertiary alicyclic amines) is 1. The van der Waals surface area contributed by atoms with Crippen molar-refractivity contribution in [2.75, 3.05) is 20.1 Å². The van der Waals surface area contributed by atoms with Gasteiger partial charge in [-0.05, 0) is 81.5 Å². The second kappa shape index (κ2) is 8.81. The zero-order valence-corrected chi connectivity index (χ0v) is 18.1. The van der Waals surface area contributed by atoms with Crippen LogP contribution in [-0.4, -0.2) is 49.3 Å². The molecular formula is C20H21F3N2O4S2. The van der Waals surface area contributed by atoms with Crippen LogP contribution >= 0.6 is 11.8 Å². The summed E-state index contributed by atoms with van der Waals surface area (Å²) in [5, 5.41) is 9.16. The summed E-state index contributed by atoms with van der Waals surface area (Å²) >= 11 is 1.18. The first-order valence-corrected chi connectivity index (χ1v) is 11.6. The predicted octanol–water partition coefficient (Wildman–Crippen LogP) is 3.60. The van der Waals surface area contributed by atoms with E-state index in [1.54, 1.807) is 0 Å². The molecule has 0 saturated carbocycles. The minimum atomic E-state index is -4.41. The van der Waals surface area contributed by atoms with Crippen LogP contribution in [-0.2, 0) is 20.8 Å². The lowest BCUT2D eigenvalue weighted by molar-refractivity contribution is -0.137. The fraction of sp³-hybridized carbons (Fsp3) is 0.350. The van der Waals surface area contributed by atoms with Crippen molar-refractivity contribution in [3.8, 4) is 0 Å². The summed E-state index contributed by atoms with van der Waals surface area (Å²) in [7, 11) is -2.28. The molecule has 11 heteroatoms. The van der Waals surface area contributed by atoms with E-state index in [2.05, 4.69) is 0 Å². The summed E-state index contributed by atoms with van der Waals surface area (Å²) in [5.74, 6) is -0.955. The molecule has 0 aliphatic carbocycles. The van der Waals surface area contributed by atoms with Crippen LogP contribution in [0.5, 0.6) is 0 Å². The maximum Gasteiger partial charge on any atom is 0.416 e. The number of halogens is 3. The smallest absolute Gasteiger partial charge is 0.306 e. The zero-order valence-electron chi connectivity index (χ0n) is 16.5. The minimum Gasteiger partial charge on any atom is -0.306 e. The Morgan fingerprint density at radius 3 is 1.97 bits per heavy atom. The number of hydrogen-bond acceptors (Lipinski definition) is 6. The Hall–Kier alpha value is -2.08. The predicted molar refractivity (Wildman–Crippen MR) is 109 cm³/mol. The fourth-order valence-corrected chi connectivity index (χ4v) is 6.23.